The van der Waals surface area contributed by atoms with Crippen LogP contribution < -0.4 is 20.3 Å². The number of carbonyl (C=O) groups is 2. The molecule has 4 rings (SSSR count). The minimum atomic E-state index is -3.52. The number of hydrogen-bond acceptors (Lipinski definition) is 6. The minimum absolute atomic E-state index is 0.0191. The first-order chi connectivity index (χ1) is 21.0. The Labute approximate surface area is 276 Å². The maximum atomic E-state index is 12.7. The summed E-state index contributed by atoms with van der Waals surface area (Å²) in [5.41, 5.74) is 1.43. The molecule has 3 atom stereocenters. The van der Waals surface area contributed by atoms with Crippen LogP contribution in [-0.2, 0) is 14.8 Å². The number of ketones is 1. The van der Waals surface area contributed by atoms with Crippen LogP contribution in [0, 0.1) is 10.8 Å². The lowest BCUT2D eigenvalue weighted by Crippen LogP contribution is -2.36. The molecule has 0 radical (unpaired) electrons. The predicted molar refractivity (Wildman–Crippen MR) is 190 cm³/mol. The highest BCUT2D eigenvalue weighted by Gasteiger charge is 2.42. The van der Waals surface area contributed by atoms with E-state index in [2.05, 4.69) is 56.9 Å². The van der Waals surface area contributed by atoms with Gasteiger partial charge in [-0.1, -0.05) is 72.2 Å². The summed E-state index contributed by atoms with van der Waals surface area (Å²) in [5.74, 6) is 1.43. The Bertz CT molecular complexity index is 1400. The first kappa shape index (κ1) is 37.2. The number of thioether (sulfide) groups is 1. The van der Waals surface area contributed by atoms with Crippen LogP contribution >= 0.6 is 11.8 Å². The summed E-state index contributed by atoms with van der Waals surface area (Å²) in [6.45, 7) is 13.4. The zero-order valence-corrected chi connectivity index (χ0v) is 30.3. The Balaban J connectivity index is 0.000000246. The highest BCUT2D eigenvalue weighted by Crippen LogP contribution is 2.33. The summed E-state index contributed by atoms with van der Waals surface area (Å²) in [6.07, 6.45) is 7.56. The van der Waals surface area contributed by atoms with Gasteiger partial charge in [0.1, 0.15) is 5.78 Å². The first-order valence-electron chi connectivity index (χ1n) is 16.4. The number of hydrogen-bond donors (Lipinski definition) is 3. The fourth-order valence-corrected chi connectivity index (χ4v) is 8.57. The Hall–Kier alpha value is -2.30. The lowest BCUT2D eigenvalue weighted by molar-refractivity contribution is -0.119. The number of nitrogens with zero attached hydrogens (tertiary/aromatic N) is 1. The molecular formula is C35H56N4O4S2. The average molecular weight is 661 g/mol. The summed E-state index contributed by atoms with van der Waals surface area (Å²) >= 11 is 1.95. The van der Waals surface area contributed by atoms with Crippen LogP contribution in [0.3, 0.4) is 0 Å². The van der Waals surface area contributed by atoms with E-state index in [0.29, 0.717) is 40.0 Å². The van der Waals surface area contributed by atoms with Crippen molar-refractivity contribution in [3.05, 3.63) is 36.4 Å². The third kappa shape index (κ3) is 11.8. The van der Waals surface area contributed by atoms with Crippen LogP contribution in [0.1, 0.15) is 92.9 Å². The normalized spacial score (nSPS) is 19.8. The molecule has 8 nitrogen and oxygen atoms in total. The second-order valence-corrected chi connectivity index (χ2v) is 18.1. The molecule has 0 spiro atoms. The van der Waals surface area contributed by atoms with Crippen molar-refractivity contribution in [2.45, 2.75) is 115 Å². The Morgan fingerprint density at radius 1 is 0.911 bits per heavy atom. The smallest absolute Gasteiger partial charge is 0.315 e. The topological polar surface area (TPSA) is 108 Å². The summed E-state index contributed by atoms with van der Waals surface area (Å²) in [4.78, 5) is 25.5. The maximum absolute atomic E-state index is 12.7. The molecule has 2 saturated heterocycles. The van der Waals surface area contributed by atoms with E-state index in [9.17, 15) is 18.0 Å². The lowest BCUT2D eigenvalue weighted by atomic mass is 9.89. The number of fused-ring (bicyclic) bond motifs is 2. The third-order valence-corrected chi connectivity index (χ3v) is 11.3. The Kier molecular flexibility index (Phi) is 13.2. The number of anilines is 1. The number of unbranched alkanes of at least 4 members (excludes halogenated alkanes) is 1. The van der Waals surface area contributed by atoms with Gasteiger partial charge < -0.3 is 15.5 Å². The van der Waals surface area contributed by atoms with Gasteiger partial charge in [-0.15, -0.1) is 0 Å². The summed E-state index contributed by atoms with van der Waals surface area (Å²) in [5, 5.41) is 8.19. The number of benzene rings is 2. The van der Waals surface area contributed by atoms with Crippen molar-refractivity contribution in [1.82, 2.24) is 15.4 Å². The van der Waals surface area contributed by atoms with Gasteiger partial charge in [0.25, 0.3) is 0 Å². The van der Waals surface area contributed by atoms with Gasteiger partial charge in [0, 0.05) is 60.9 Å². The highest BCUT2D eigenvalue weighted by atomic mass is 32.2. The van der Waals surface area contributed by atoms with Crippen molar-refractivity contribution in [3.8, 4) is 0 Å². The second-order valence-electron chi connectivity index (χ2n) is 15.1. The fourth-order valence-electron chi connectivity index (χ4n) is 5.78. The van der Waals surface area contributed by atoms with Gasteiger partial charge in [-0.25, -0.2) is 17.9 Å². The number of urea groups is 1. The van der Waals surface area contributed by atoms with Gasteiger partial charge >= 0.3 is 6.03 Å². The molecule has 3 N–H and O–H groups in total. The summed E-state index contributed by atoms with van der Waals surface area (Å²) < 4.78 is 28.1. The molecule has 0 aromatic heterocycles. The van der Waals surface area contributed by atoms with Gasteiger partial charge in [-0.05, 0) is 55.1 Å². The van der Waals surface area contributed by atoms with Crippen molar-refractivity contribution in [3.63, 3.8) is 0 Å². The zero-order chi connectivity index (χ0) is 33.4. The molecule has 10 heteroatoms. The molecule has 2 aromatic carbocycles. The molecule has 2 fully saturated rings. The molecule has 252 valence electrons. The molecule has 45 heavy (non-hydrogen) atoms. The number of Topliss-reactive ketones (excluding diaryl/α,β-unsaturated/α-hetero) is 1. The first-order valence-corrected chi connectivity index (χ1v) is 18.9. The van der Waals surface area contributed by atoms with Gasteiger partial charge in [0.2, 0.25) is 10.0 Å². The number of sulfonamides is 1. The molecule has 0 saturated carbocycles. The zero-order valence-electron chi connectivity index (χ0n) is 28.7. The van der Waals surface area contributed by atoms with Crippen LogP contribution in [0.5, 0.6) is 0 Å². The van der Waals surface area contributed by atoms with Gasteiger partial charge in [0.05, 0.1) is 17.0 Å². The van der Waals surface area contributed by atoms with Crippen LogP contribution in [-0.4, -0.2) is 64.0 Å². The van der Waals surface area contributed by atoms with Crippen LogP contribution in [0.25, 0.3) is 10.8 Å². The van der Waals surface area contributed by atoms with E-state index in [1.165, 1.54) is 0 Å². The summed E-state index contributed by atoms with van der Waals surface area (Å²) in [7, 11) is 0.391. The number of rotatable bonds is 13. The molecule has 0 bridgehead atoms. The van der Waals surface area contributed by atoms with E-state index in [4.69, 9.17) is 0 Å². The van der Waals surface area contributed by atoms with E-state index < -0.39 is 10.0 Å². The van der Waals surface area contributed by atoms with Crippen molar-refractivity contribution in [2.24, 2.45) is 10.8 Å². The molecule has 3 unspecified atom stereocenters. The van der Waals surface area contributed by atoms with Crippen molar-refractivity contribution < 1.29 is 18.0 Å². The SMILES string of the molecule is CC(C)(C)CCCC(=O)CCCCC1SCC2NC(=O)NC21.CN(C)c1cccc2c(S(=O)(=O)NCCC(C)(C)C)cccc12. The fraction of sp³-hybridized carbons (Fsp3) is 0.657. The second kappa shape index (κ2) is 16.0. The number of amides is 2. The Morgan fingerprint density at radius 3 is 2.22 bits per heavy atom. The van der Waals surface area contributed by atoms with E-state index >= 15 is 0 Å². The quantitative estimate of drug-likeness (QED) is 0.156. The molecule has 2 aliphatic rings. The number of carbonyl (C=O) groups excluding carboxylic acids is 2. The van der Waals surface area contributed by atoms with E-state index in [1.54, 1.807) is 12.1 Å². The molecule has 2 aromatic rings. The van der Waals surface area contributed by atoms with Gasteiger partial charge in [-0.3, -0.25) is 4.79 Å². The van der Waals surface area contributed by atoms with Crippen molar-refractivity contribution in [2.75, 3.05) is 31.3 Å². The highest BCUT2D eigenvalue weighted by molar-refractivity contribution is 8.00. The van der Waals surface area contributed by atoms with Gasteiger partial charge in [0.15, 0.2) is 0 Å². The van der Waals surface area contributed by atoms with Crippen LogP contribution in [0.4, 0.5) is 10.5 Å². The standard InChI is InChI=1S/C18H26N2O2S.C17H30N2O2S/c1-18(2,3)12-13-19-23(21,22)17-11-7-8-14-15(17)9-6-10-16(14)20(4)5;1-17(2,3)10-6-8-12(20)7-4-5-9-14-15-13(11-22-14)18-16(21)19-15/h6-11,19H,12-13H2,1-5H3;13-15H,4-11H2,1-3H3,(H2,18,19,21). The van der Waals surface area contributed by atoms with Crippen LogP contribution in [0.2, 0.25) is 0 Å². The third-order valence-electron chi connectivity index (χ3n) is 8.31. The summed E-state index contributed by atoms with van der Waals surface area (Å²) in [6, 6.07) is 11.8. The predicted octanol–water partition coefficient (Wildman–Crippen LogP) is 7.12. The Morgan fingerprint density at radius 2 is 1.56 bits per heavy atom. The minimum Gasteiger partial charge on any atom is -0.377 e. The van der Waals surface area contributed by atoms with E-state index in [0.717, 1.165) is 73.6 Å². The molecule has 0 aliphatic carbocycles. The molecule has 2 aliphatic heterocycles. The molecule has 2 amide bonds. The maximum Gasteiger partial charge on any atom is 0.315 e. The van der Waals surface area contributed by atoms with Crippen molar-refractivity contribution in [1.29, 1.82) is 0 Å². The molecule has 2 heterocycles. The van der Waals surface area contributed by atoms with Gasteiger partial charge in [-0.2, -0.15) is 11.8 Å². The van der Waals surface area contributed by atoms with Crippen molar-refractivity contribution >= 4 is 50.1 Å². The lowest BCUT2D eigenvalue weighted by Gasteiger charge is -2.19. The number of nitrogens with one attached hydrogen (secondary N) is 3. The molecular weight excluding hydrogens is 605 g/mol. The largest absolute Gasteiger partial charge is 0.377 e. The van der Waals surface area contributed by atoms with Crippen LogP contribution in [0.15, 0.2) is 41.3 Å². The monoisotopic (exact) mass is 660 g/mol. The van der Waals surface area contributed by atoms with E-state index in [-0.39, 0.29) is 11.4 Å². The van der Waals surface area contributed by atoms with E-state index in [1.807, 2.05) is 55.0 Å². The average Bonchev–Trinajstić information content (AvgIpc) is 3.48.